The molecule has 1 aliphatic heterocycles. The molecule has 12 heteroatoms. The summed E-state index contributed by atoms with van der Waals surface area (Å²) in [4.78, 5) is 72.8. The van der Waals surface area contributed by atoms with Crippen LogP contribution in [0.1, 0.15) is 60.8 Å². The topological polar surface area (TPSA) is 170 Å². The lowest BCUT2D eigenvalue weighted by Gasteiger charge is -2.27. The van der Waals surface area contributed by atoms with Crippen molar-refractivity contribution in [3.63, 3.8) is 0 Å². The van der Waals surface area contributed by atoms with Crippen molar-refractivity contribution in [1.29, 1.82) is 0 Å². The Bertz CT molecular complexity index is 1360. The molecule has 44 heavy (non-hydrogen) atoms. The van der Waals surface area contributed by atoms with Crippen LogP contribution in [0.15, 0.2) is 42.6 Å². The Morgan fingerprint density at radius 1 is 0.955 bits per heavy atom. The number of aliphatic hydroxyl groups excluding tert-OH is 1. The number of carbonyl (C=O) groups excluding carboxylic acids is 5. The minimum Gasteiger partial charge on any atom is -0.391 e. The molecule has 2 aliphatic rings. The summed E-state index contributed by atoms with van der Waals surface area (Å²) in [7, 11) is 0. The summed E-state index contributed by atoms with van der Waals surface area (Å²) in [5, 5.41) is 21.1. The molecule has 2 heterocycles. The maximum absolute atomic E-state index is 13.6. The van der Waals surface area contributed by atoms with Gasteiger partial charge in [0.1, 0.15) is 18.1 Å². The second kappa shape index (κ2) is 14.9. The lowest BCUT2D eigenvalue weighted by molar-refractivity contribution is -0.135. The minimum atomic E-state index is -1.32. The number of pyridine rings is 1. The number of nitrogens with one attached hydrogen (secondary N) is 4. The van der Waals surface area contributed by atoms with Gasteiger partial charge in [0.2, 0.25) is 23.6 Å². The molecule has 5 N–H and O–H groups in total. The molecule has 0 bridgehead atoms. The molecule has 1 saturated heterocycles. The second-order valence-electron chi connectivity index (χ2n) is 11.8. The van der Waals surface area contributed by atoms with Gasteiger partial charge < -0.3 is 31.3 Å². The van der Waals surface area contributed by atoms with Gasteiger partial charge in [0.15, 0.2) is 0 Å². The molecular weight excluding hydrogens is 564 g/mol. The van der Waals surface area contributed by atoms with Crippen LogP contribution in [0.3, 0.4) is 0 Å². The number of fused-ring (bicyclic) bond motifs is 1. The van der Waals surface area contributed by atoms with Crippen LogP contribution in [0.5, 0.6) is 0 Å². The van der Waals surface area contributed by atoms with Gasteiger partial charge >= 0.3 is 0 Å². The summed E-state index contributed by atoms with van der Waals surface area (Å²) < 4.78 is 0. The number of aliphatic hydroxyl groups is 1. The van der Waals surface area contributed by atoms with Crippen molar-refractivity contribution in [2.24, 2.45) is 5.92 Å². The molecule has 12 nitrogen and oxygen atoms in total. The number of benzene rings is 1. The van der Waals surface area contributed by atoms with Gasteiger partial charge in [-0.3, -0.25) is 29.0 Å². The summed E-state index contributed by atoms with van der Waals surface area (Å²) in [5.74, 6) is -3.27. The third kappa shape index (κ3) is 8.40. The largest absolute Gasteiger partial charge is 0.391 e. The molecule has 1 fully saturated rings. The van der Waals surface area contributed by atoms with Gasteiger partial charge in [0.25, 0.3) is 5.91 Å². The maximum Gasteiger partial charge on any atom is 0.255 e. The minimum absolute atomic E-state index is 0.0370. The van der Waals surface area contributed by atoms with E-state index in [2.05, 4.69) is 26.3 Å². The third-order valence-electron chi connectivity index (χ3n) is 7.96. The van der Waals surface area contributed by atoms with E-state index in [4.69, 9.17) is 0 Å². The molecule has 0 saturated carbocycles. The van der Waals surface area contributed by atoms with Crippen LogP contribution in [-0.2, 0) is 38.4 Å². The summed E-state index contributed by atoms with van der Waals surface area (Å²) in [6.45, 7) is 4.45. The van der Waals surface area contributed by atoms with E-state index in [1.807, 2.05) is 12.1 Å². The first kappa shape index (κ1) is 32.6. The SMILES string of the molecule is CC(C)[C@H]1NC(=O)CN(C(=O)c2cnc3c(c2)CCCC3)CCNC(=O)[C@H]([C@@H](C)O)NC(=O)[C@H](Cc2ccccc2)NC1=O. The quantitative estimate of drug-likeness (QED) is 0.325. The molecule has 0 unspecified atom stereocenters. The molecule has 5 amide bonds. The summed E-state index contributed by atoms with van der Waals surface area (Å²) >= 11 is 0. The van der Waals surface area contributed by atoms with Crippen molar-refractivity contribution in [2.45, 2.75) is 77.1 Å². The average Bonchev–Trinajstić information content (AvgIpc) is 3.00. The fraction of sp³-hybridized carbons (Fsp3) is 0.500. The highest BCUT2D eigenvalue weighted by Crippen LogP contribution is 2.21. The highest BCUT2D eigenvalue weighted by molar-refractivity contribution is 5.98. The predicted octanol–water partition coefficient (Wildman–Crippen LogP) is 0.266. The van der Waals surface area contributed by atoms with Crippen molar-refractivity contribution < 1.29 is 29.1 Å². The Balaban J connectivity index is 1.62. The van der Waals surface area contributed by atoms with Crippen molar-refractivity contribution in [1.82, 2.24) is 31.2 Å². The van der Waals surface area contributed by atoms with E-state index >= 15 is 0 Å². The summed E-state index contributed by atoms with van der Waals surface area (Å²) in [6, 6.07) is 7.43. The average molecular weight is 607 g/mol. The smallest absolute Gasteiger partial charge is 0.255 e. The number of hydrogen-bond acceptors (Lipinski definition) is 7. The standard InChI is InChI=1S/C32H42N6O6/c1-19(2)27-31(43)35-25(15-21-9-5-4-6-10-21)29(41)37-28(20(3)39)30(42)33-13-14-38(18-26(40)36-27)32(44)23-16-22-11-7-8-12-24(22)34-17-23/h4-6,9-10,16-17,19-20,25,27-28,39H,7-8,11-15,18H2,1-3H3,(H,33,42)(H,35,43)(H,36,40)(H,37,41)/t20-,25+,27-,28+/m1/s1. The number of hydrogen-bond donors (Lipinski definition) is 5. The number of rotatable bonds is 5. The second-order valence-corrected chi connectivity index (χ2v) is 11.8. The van der Waals surface area contributed by atoms with Crippen molar-refractivity contribution in [3.8, 4) is 0 Å². The fourth-order valence-corrected chi connectivity index (χ4v) is 5.47. The van der Waals surface area contributed by atoms with Gasteiger partial charge in [-0.2, -0.15) is 0 Å². The Morgan fingerprint density at radius 2 is 1.68 bits per heavy atom. The number of amides is 5. The zero-order valence-corrected chi connectivity index (χ0v) is 25.5. The lowest BCUT2D eigenvalue weighted by Crippen LogP contribution is -2.60. The van der Waals surface area contributed by atoms with Gasteiger partial charge in [-0.05, 0) is 55.7 Å². The summed E-state index contributed by atoms with van der Waals surface area (Å²) in [5.41, 5.74) is 3.08. The van der Waals surface area contributed by atoms with Gasteiger partial charge in [0, 0.05) is 31.4 Å². The van der Waals surface area contributed by atoms with Crippen LogP contribution in [-0.4, -0.2) is 88.4 Å². The molecule has 4 rings (SSSR count). The van der Waals surface area contributed by atoms with Crippen molar-refractivity contribution in [3.05, 3.63) is 65.0 Å². The van der Waals surface area contributed by atoms with E-state index in [0.717, 1.165) is 42.5 Å². The predicted molar refractivity (Wildman–Crippen MR) is 162 cm³/mol. The molecule has 0 spiro atoms. The molecule has 1 aromatic heterocycles. The van der Waals surface area contributed by atoms with Gasteiger partial charge in [-0.1, -0.05) is 44.2 Å². The Morgan fingerprint density at radius 3 is 2.39 bits per heavy atom. The highest BCUT2D eigenvalue weighted by atomic mass is 16.3. The van der Waals surface area contributed by atoms with E-state index in [1.54, 1.807) is 38.1 Å². The van der Waals surface area contributed by atoms with E-state index in [1.165, 1.54) is 18.0 Å². The molecule has 2 aromatic rings. The van der Waals surface area contributed by atoms with Crippen LogP contribution < -0.4 is 21.3 Å². The van der Waals surface area contributed by atoms with Crippen LogP contribution in [0, 0.1) is 5.92 Å². The molecule has 0 radical (unpaired) electrons. The van der Waals surface area contributed by atoms with E-state index < -0.39 is 53.8 Å². The highest BCUT2D eigenvalue weighted by Gasteiger charge is 2.33. The van der Waals surface area contributed by atoms with Crippen LogP contribution in [0.25, 0.3) is 0 Å². The van der Waals surface area contributed by atoms with Crippen LogP contribution in [0.4, 0.5) is 0 Å². The first-order valence-corrected chi connectivity index (χ1v) is 15.2. The Hall–Kier alpha value is -4.32. The lowest BCUT2D eigenvalue weighted by atomic mass is 9.95. The zero-order valence-electron chi connectivity index (χ0n) is 25.5. The summed E-state index contributed by atoms with van der Waals surface area (Å²) in [6.07, 6.45) is 4.10. The molecule has 4 atom stereocenters. The zero-order chi connectivity index (χ0) is 31.8. The monoisotopic (exact) mass is 606 g/mol. The first-order chi connectivity index (χ1) is 21.0. The van der Waals surface area contributed by atoms with E-state index in [0.29, 0.717) is 5.56 Å². The maximum atomic E-state index is 13.6. The number of carbonyl (C=O) groups is 5. The molecule has 1 aromatic carbocycles. The number of nitrogens with zero attached hydrogens (tertiary/aromatic N) is 2. The molecule has 236 valence electrons. The number of aromatic nitrogens is 1. The van der Waals surface area contributed by atoms with Gasteiger partial charge in [0.05, 0.1) is 18.2 Å². The van der Waals surface area contributed by atoms with Crippen LogP contribution in [0.2, 0.25) is 0 Å². The van der Waals surface area contributed by atoms with Crippen molar-refractivity contribution in [2.75, 3.05) is 19.6 Å². The first-order valence-electron chi connectivity index (χ1n) is 15.2. The normalized spacial score (nSPS) is 22.8. The van der Waals surface area contributed by atoms with Crippen LogP contribution >= 0.6 is 0 Å². The van der Waals surface area contributed by atoms with Crippen molar-refractivity contribution >= 4 is 29.5 Å². The molecular formula is C32H42N6O6. The third-order valence-corrected chi connectivity index (χ3v) is 7.96. The number of aryl methyl sites for hydroxylation is 2. The van der Waals surface area contributed by atoms with Gasteiger partial charge in [-0.25, -0.2) is 0 Å². The van der Waals surface area contributed by atoms with E-state index in [9.17, 15) is 29.1 Å². The van der Waals surface area contributed by atoms with E-state index in [-0.39, 0.29) is 32.0 Å². The Kier molecular flexibility index (Phi) is 11.0. The molecule has 1 aliphatic carbocycles. The van der Waals surface area contributed by atoms with Gasteiger partial charge in [-0.15, -0.1) is 0 Å². The Labute approximate surface area is 257 Å². The fourth-order valence-electron chi connectivity index (χ4n) is 5.47.